The van der Waals surface area contributed by atoms with Crippen molar-refractivity contribution in [3.05, 3.63) is 35.9 Å². The lowest BCUT2D eigenvalue weighted by Crippen LogP contribution is -2.35. The van der Waals surface area contributed by atoms with Crippen molar-refractivity contribution in [2.45, 2.75) is 25.7 Å². The summed E-state index contributed by atoms with van der Waals surface area (Å²) in [5, 5.41) is 20.1. The minimum atomic E-state index is -0.981. The molecule has 5 nitrogen and oxygen atoms in total. The molecule has 5 heteroatoms. The third kappa shape index (κ3) is 5.89. The van der Waals surface area contributed by atoms with Crippen LogP contribution in [-0.2, 0) is 11.3 Å². The van der Waals surface area contributed by atoms with Crippen LogP contribution in [0.2, 0.25) is 0 Å². The number of hydrogen-bond donors (Lipinski definition) is 3. The largest absolute Gasteiger partial charge is 0.445 e. The van der Waals surface area contributed by atoms with Gasteiger partial charge in [-0.25, -0.2) is 4.79 Å². The Kier molecular flexibility index (Phi) is 6.06. The molecule has 0 radical (unpaired) electrons. The Balaban J connectivity index is 2.21. The molecule has 0 heterocycles. The first-order valence-electron chi connectivity index (χ1n) is 5.48. The molecule has 94 valence electrons. The summed E-state index contributed by atoms with van der Waals surface area (Å²) in [5.74, 6) is 0. The Bertz CT molecular complexity index is 329. The minimum Gasteiger partial charge on any atom is -0.445 e. The number of ether oxygens (including phenoxy) is 1. The van der Waals surface area contributed by atoms with Crippen LogP contribution in [0.15, 0.2) is 30.3 Å². The van der Waals surface area contributed by atoms with Crippen LogP contribution in [0.25, 0.3) is 0 Å². The van der Waals surface area contributed by atoms with Crippen LogP contribution in [0.4, 0.5) is 4.79 Å². The number of nitrogens with one attached hydrogen (secondary N) is 1. The Morgan fingerprint density at radius 1 is 1.35 bits per heavy atom. The van der Waals surface area contributed by atoms with E-state index in [1.807, 2.05) is 30.3 Å². The Morgan fingerprint density at radius 3 is 2.71 bits per heavy atom. The smallest absolute Gasteiger partial charge is 0.409 e. The zero-order chi connectivity index (χ0) is 12.5. The summed E-state index contributed by atoms with van der Waals surface area (Å²) in [7, 11) is 0. The van der Waals surface area contributed by atoms with E-state index < -0.39 is 12.3 Å². The lowest BCUT2D eigenvalue weighted by atomic mass is 10.2. The van der Waals surface area contributed by atoms with E-state index in [4.69, 9.17) is 9.84 Å². The number of aliphatic hydroxyl groups excluding tert-OH is 2. The summed E-state index contributed by atoms with van der Waals surface area (Å²) in [4.78, 5) is 11.2. The quantitative estimate of drug-likeness (QED) is 0.647. The Morgan fingerprint density at radius 2 is 2.06 bits per heavy atom. The topological polar surface area (TPSA) is 78.8 Å². The van der Waals surface area contributed by atoms with Crippen LogP contribution in [-0.4, -0.2) is 29.1 Å². The molecule has 0 aliphatic heterocycles. The number of aliphatic hydroxyl groups is 2. The highest BCUT2D eigenvalue weighted by Crippen LogP contribution is 2.01. The normalized spacial score (nSPS) is 11.9. The first-order valence-corrected chi connectivity index (χ1v) is 5.48. The fourth-order valence-electron chi connectivity index (χ4n) is 1.26. The van der Waals surface area contributed by atoms with Gasteiger partial charge in [-0.2, -0.15) is 0 Å². The monoisotopic (exact) mass is 239 g/mol. The molecule has 1 unspecified atom stereocenters. The van der Waals surface area contributed by atoms with Crippen LogP contribution in [0.1, 0.15) is 18.4 Å². The van der Waals surface area contributed by atoms with Crippen molar-refractivity contribution in [1.82, 2.24) is 5.32 Å². The van der Waals surface area contributed by atoms with Gasteiger partial charge < -0.3 is 14.9 Å². The van der Waals surface area contributed by atoms with Crippen LogP contribution < -0.4 is 5.32 Å². The van der Waals surface area contributed by atoms with Gasteiger partial charge >= 0.3 is 6.09 Å². The minimum absolute atomic E-state index is 0.0161. The molecule has 0 bridgehead atoms. The molecule has 1 aromatic rings. The Hall–Kier alpha value is -1.59. The van der Waals surface area contributed by atoms with E-state index in [-0.39, 0.29) is 13.2 Å². The SMILES string of the molecule is O=C(NC(O)CCCO)OCc1ccccc1. The van der Waals surface area contributed by atoms with E-state index in [1.165, 1.54) is 0 Å². The average molecular weight is 239 g/mol. The predicted octanol–water partition coefficient (Wildman–Crippen LogP) is 1.00. The standard InChI is InChI=1S/C12H17NO4/c14-8-4-7-11(15)13-12(16)17-9-10-5-2-1-3-6-10/h1-3,5-6,11,14-15H,4,7-9H2,(H,13,16). The van der Waals surface area contributed by atoms with Crippen LogP contribution in [0.3, 0.4) is 0 Å². The van der Waals surface area contributed by atoms with Gasteiger partial charge in [0.05, 0.1) is 0 Å². The number of hydrogen-bond acceptors (Lipinski definition) is 4. The zero-order valence-electron chi connectivity index (χ0n) is 9.50. The van der Waals surface area contributed by atoms with Gasteiger partial charge in [-0.15, -0.1) is 0 Å². The van der Waals surface area contributed by atoms with Crippen molar-refractivity contribution in [3.63, 3.8) is 0 Å². The molecule has 0 aliphatic rings. The zero-order valence-corrected chi connectivity index (χ0v) is 9.50. The van der Waals surface area contributed by atoms with Crippen molar-refractivity contribution in [2.75, 3.05) is 6.61 Å². The van der Waals surface area contributed by atoms with E-state index in [0.717, 1.165) is 5.56 Å². The van der Waals surface area contributed by atoms with E-state index in [9.17, 15) is 9.90 Å². The summed E-state index contributed by atoms with van der Waals surface area (Å²) in [5.41, 5.74) is 0.882. The molecule has 0 fully saturated rings. The maximum absolute atomic E-state index is 11.2. The van der Waals surface area contributed by atoms with Gasteiger partial charge in [-0.05, 0) is 18.4 Å². The first-order chi connectivity index (χ1) is 8.22. The molecule has 0 saturated heterocycles. The van der Waals surface area contributed by atoms with Gasteiger partial charge in [0.15, 0.2) is 0 Å². The molecule has 3 N–H and O–H groups in total. The average Bonchev–Trinajstić information content (AvgIpc) is 2.35. The molecule has 1 aromatic carbocycles. The van der Waals surface area contributed by atoms with Crippen LogP contribution in [0.5, 0.6) is 0 Å². The number of alkyl carbamates (subject to hydrolysis) is 1. The van der Waals surface area contributed by atoms with Crippen molar-refractivity contribution >= 4 is 6.09 Å². The second-order valence-corrected chi connectivity index (χ2v) is 3.59. The van der Waals surface area contributed by atoms with Crippen molar-refractivity contribution in [3.8, 4) is 0 Å². The van der Waals surface area contributed by atoms with E-state index in [2.05, 4.69) is 5.32 Å². The summed E-state index contributed by atoms with van der Waals surface area (Å²) >= 11 is 0. The molecule has 1 amide bonds. The number of benzene rings is 1. The van der Waals surface area contributed by atoms with Gasteiger partial charge in [-0.3, -0.25) is 5.32 Å². The van der Waals surface area contributed by atoms with Gasteiger partial charge in [0.1, 0.15) is 12.8 Å². The van der Waals surface area contributed by atoms with Gasteiger partial charge in [0.25, 0.3) is 0 Å². The highest BCUT2D eigenvalue weighted by molar-refractivity contribution is 5.67. The highest BCUT2D eigenvalue weighted by Gasteiger charge is 2.09. The van der Waals surface area contributed by atoms with Gasteiger partial charge in [0, 0.05) is 6.61 Å². The first kappa shape index (κ1) is 13.5. The number of carbonyl (C=O) groups excluding carboxylic acids is 1. The molecule has 1 atom stereocenters. The number of rotatable bonds is 6. The molecule has 1 rings (SSSR count). The maximum Gasteiger partial charge on any atom is 0.409 e. The lowest BCUT2D eigenvalue weighted by Gasteiger charge is -2.12. The third-order valence-electron chi connectivity index (χ3n) is 2.13. The van der Waals surface area contributed by atoms with Gasteiger partial charge in [-0.1, -0.05) is 30.3 Å². The third-order valence-corrected chi connectivity index (χ3v) is 2.13. The summed E-state index contributed by atoms with van der Waals surface area (Å²) in [6, 6.07) is 9.27. The second-order valence-electron chi connectivity index (χ2n) is 3.59. The van der Waals surface area contributed by atoms with Gasteiger partial charge in [0.2, 0.25) is 0 Å². The molecule has 0 saturated carbocycles. The van der Waals surface area contributed by atoms with Crippen LogP contribution >= 0.6 is 0 Å². The van der Waals surface area contributed by atoms with Crippen LogP contribution in [0, 0.1) is 0 Å². The molecule has 0 spiro atoms. The summed E-state index contributed by atoms with van der Waals surface area (Å²) < 4.78 is 4.91. The predicted molar refractivity (Wildman–Crippen MR) is 62.1 cm³/mol. The highest BCUT2D eigenvalue weighted by atomic mass is 16.6. The molecule has 17 heavy (non-hydrogen) atoms. The Labute approximate surface area is 100 Å². The number of amides is 1. The number of carbonyl (C=O) groups is 1. The summed E-state index contributed by atoms with van der Waals surface area (Å²) in [6.45, 7) is 0.150. The molecular weight excluding hydrogens is 222 g/mol. The van der Waals surface area contributed by atoms with Crippen molar-refractivity contribution in [2.24, 2.45) is 0 Å². The summed E-state index contributed by atoms with van der Waals surface area (Å²) in [6.07, 6.45) is -0.915. The van der Waals surface area contributed by atoms with Crippen molar-refractivity contribution in [1.29, 1.82) is 0 Å². The van der Waals surface area contributed by atoms with E-state index >= 15 is 0 Å². The van der Waals surface area contributed by atoms with E-state index in [0.29, 0.717) is 12.8 Å². The molecular formula is C12H17NO4. The fourth-order valence-corrected chi connectivity index (χ4v) is 1.26. The van der Waals surface area contributed by atoms with E-state index in [1.54, 1.807) is 0 Å². The molecule has 0 aliphatic carbocycles. The van der Waals surface area contributed by atoms with Crippen molar-refractivity contribution < 1.29 is 19.7 Å². The molecule has 0 aromatic heterocycles. The second kappa shape index (κ2) is 7.65. The maximum atomic E-state index is 11.2. The fraction of sp³-hybridized carbons (Fsp3) is 0.417. The lowest BCUT2D eigenvalue weighted by molar-refractivity contribution is 0.0859.